The van der Waals surface area contributed by atoms with Gasteiger partial charge in [-0.05, 0) is 62.2 Å². The minimum absolute atomic E-state index is 0.0656. The number of morpholine rings is 1. The number of anilines is 3. The third-order valence-electron chi connectivity index (χ3n) is 7.42. The van der Waals surface area contributed by atoms with Crippen LogP contribution >= 0.6 is 11.6 Å². The molecule has 3 heterocycles. The van der Waals surface area contributed by atoms with Gasteiger partial charge in [0.15, 0.2) is 0 Å². The van der Waals surface area contributed by atoms with Crippen LogP contribution in [0.15, 0.2) is 67.5 Å². The van der Waals surface area contributed by atoms with Gasteiger partial charge in [-0.15, -0.1) is 0 Å². The number of nitrogens with zero attached hydrogens (tertiary/aromatic N) is 4. The van der Waals surface area contributed by atoms with E-state index in [-0.39, 0.29) is 18.6 Å². The molecule has 0 radical (unpaired) electrons. The van der Waals surface area contributed by atoms with E-state index in [4.69, 9.17) is 25.8 Å². The molecule has 10 nitrogen and oxygen atoms in total. The second-order valence-corrected chi connectivity index (χ2v) is 11.1. The summed E-state index contributed by atoms with van der Waals surface area (Å²) >= 11 is 6.49. The lowest BCUT2D eigenvalue weighted by molar-refractivity contribution is -0.111. The quantitative estimate of drug-likeness (QED) is 0.0963. The van der Waals surface area contributed by atoms with E-state index in [9.17, 15) is 9.18 Å². The molecule has 12 heteroatoms. The van der Waals surface area contributed by atoms with E-state index in [0.717, 1.165) is 32.5 Å². The first kappa shape index (κ1) is 32.1. The highest BCUT2D eigenvalue weighted by atomic mass is 35.5. The van der Waals surface area contributed by atoms with E-state index in [1.54, 1.807) is 42.5 Å². The third-order valence-corrected chi connectivity index (χ3v) is 7.72. The van der Waals surface area contributed by atoms with E-state index < -0.39 is 5.95 Å². The number of carbonyl (C=O) groups excluding carboxylic acids is 1. The van der Waals surface area contributed by atoms with Crippen molar-refractivity contribution in [1.29, 1.82) is 0 Å². The highest BCUT2D eigenvalue weighted by Gasteiger charge is 2.25. The maximum Gasteiger partial charge on any atom is 0.247 e. The molecule has 2 aromatic carbocycles. The van der Waals surface area contributed by atoms with Crippen LogP contribution in [0, 0.1) is 5.95 Å². The molecule has 236 valence electrons. The molecular weight excluding hydrogens is 599 g/mol. The number of amides is 1. The Kier molecular flexibility index (Phi) is 10.8. The lowest BCUT2D eigenvalue weighted by atomic mass is 10.1. The molecule has 1 aliphatic heterocycles. The highest BCUT2D eigenvalue weighted by molar-refractivity contribution is 6.32. The van der Waals surface area contributed by atoms with Crippen LogP contribution in [0.1, 0.15) is 32.4 Å². The molecular formula is C33H36ClFN6O4. The second-order valence-electron chi connectivity index (χ2n) is 10.7. The molecule has 45 heavy (non-hydrogen) atoms. The summed E-state index contributed by atoms with van der Waals surface area (Å²) < 4.78 is 31.1. The van der Waals surface area contributed by atoms with Crippen molar-refractivity contribution in [3.63, 3.8) is 0 Å². The average Bonchev–Trinajstić information content (AvgIpc) is 3.03. The van der Waals surface area contributed by atoms with E-state index in [1.165, 1.54) is 18.5 Å². The number of nitrogens with one attached hydrogen (secondary N) is 2. The van der Waals surface area contributed by atoms with Gasteiger partial charge in [-0.2, -0.15) is 4.39 Å². The number of ether oxygens (including phenoxy) is 3. The SMILES string of the molecule is C=CC(=O)Nc1cc2c(Nc3ccc(OCc4cccc(F)n4)c(Cl)c3)ncnc2cc1OCCCN1C[C@H](C)OC[C@@H]1CC. The topological polar surface area (TPSA) is 111 Å². The number of halogens is 2. The van der Waals surface area contributed by atoms with E-state index in [0.29, 0.717) is 63.0 Å². The predicted molar refractivity (Wildman–Crippen MR) is 173 cm³/mol. The van der Waals surface area contributed by atoms with Gasteiger partial charge in [0.1, 0.15) is 30.3 Å². The fourth-order valence-electron chi connectivity index (χ4n) is 5.11. The highest BCUT2D eigenvalue weighted by Crippen LogP contribution is 2.35. The maximum absolute atomic E-state index is 13.4. The van der Waals surface area contributed by atoms with Gasteiger partial charge >= 0.3 is 0 Å². The molecule has 2 atom stereocenters. The lowest BCUT2D eigenvalue weighted by Gasteiger charge is -2.38. The van der Waals surface area contributed by atoms with Crippen LogP contribution in [0.25, 0.3) is 10.9 Å². The average molecular weight is 635 g/mol. The Morgan fingerprint density at radius 3 is 2.84 bits per heavy atom. The Morgan fingerprint density at radius 1 is 1.20 bits per heavy atom. The van der Waals surface area contributed by atoms with Crippen molar-refractivity contribution in [2.45, 2.75) is 45.4 Å². The van der Waals surface area contributed by atoms with Crippen LogP contribution in [0.4, 0.5) is 21.6 Å². The molecule has 1 saturated heterocycles. The molecule has 0 spiro atoms. The van der Waals surface area contributed by atoms with Crippen molar-refractivity contribution in [1.82, 2.24) is 19.9 Å². The Balaban J connectivity index is 1.30. The molecule has 0 unspecified atom stereocenters. The molecule has 0 saturated carbocycles. The molecule has 1 aliphatic rings. The Morgan fingerprint density at radius 2 is 2.07 bits per heavy atom. The molecule has 2 N–H and O–H groups in total. The van der Waals surface area contributed by atoms with Crippen molar-refractivity contribution in [2.24, 2.45) is 0 Å². The Hall–Kier alpha value is -4.32. The fraction of sp³-hybridized carbons (Fsp3) is 0.333. The van der Waals surface area contributed by atoms with Crippen LogP contribution in [0.2, 0.25) is 5.02 Å². The van der Waals surface area contributed by atoms with Gasteiger partial charge in [0.2, 0.25) is 11.9 Å². The first-order valence-corrected chi connectivity index (χ1v) is 15.2. The first-order valence-electron chi connectivity index (χ1n) is 14.8. The van der Waals surface area contributed by atoms with Gasteiger partial charge in [0.25, 0.3) is 0 Å². The van der Waals surface area contributed by atoms with E-state index in [2.05, 4.69) is 50.9 Å². The molecule has 4 aromatic rings. The zero-order chi connectivity index (χ0) is 31.8. The van der Waals surface area contributed by atoms with Crippen LogP contribution in [0.3, 0.4) is 0 Å². The van der Waals surface area contributed by atoms with Crippen molar-refractivity contribution in [2.75, 3.05) is 36.9 Å². The molecule has 1 fully saturated rings. The predicted octanol–water partition coefficient (Wildman–Crippen LogP) is 6.53. The van der Waals surface area contributed by atoms with Crippen LogP contribution in [-0.4, -0.2) is 64.2 Å². The Bertz CT molecular complexity index is 1660. The zero-order valence-corrected chi connectivity index (χ0v) is 26.0. The van der Waals surface area contributed by atoms with Crippen LogP contribution in [-0.2, 0) is 16.1 Å². The van der Waals surface area contributed by atoms with Gasteiger partial charge in [0, 0.05) is 36.3 Å². The second kappa shape index (κ2) is 15.1. The van der Waals surface area contributed by atoms with Gasteiger partial charge in [-0.1, -0.05) is 31.2 Å². The van der Waals surface area contributed by atoms with Gasteiger partial charge in [-0.3, -0.25) is 9.69 Å². The minimum atomic E-state index is -0.576. The largest absolute Gasteiger partial charge is 0.491 e. The number of benzene rings is 2. The lowest BCUT2D eigenvalue weighted by Crippen LogP contribution is -2.48. The maximum atomic E-state index is 13.4. The van der Waals surface area contributed by atoms with E-state index >= 15 is 0 Å². The van der Waals surface area contributed by atoms with Gasteiger partial charge in [0.05, 0.1) is 41.2 Å². The summed E-state index contributed by atoms with van der Waals surface area (Å²) in [7, 11) is 0. The number of carbonyl (C=O) groups is 1. The summed E-state index contributed by atoms with van der Waals surface area (Å²) in [5.41, 5.74) is 2.20. The summed E-state index contributed by atoms with van der Waals surface area (Å²) in [5.74, 6) is 0.483. The minimum Gasteiger partial charge on any atom is -0.491 e. The summed E-state index contributed by atoms with van der Waals surface area (Å²) in [6.07, 6.45) is 4.71. The number of aromatic nitrogens is 3. The van der Waals surface area contributed by atoms with Crippen molar-refractivity contribution in [3.05, 3.63) is 84.2 Å². The third kappa shape index (κ3) is 8.44. The molecule has 0 bridgehead atoms. The fourth-order valence-corrected chi connectivity index (χ4v) is 5.35. The number of pyridine rings is 1. The molecule has 0 aliphatic carbocycles. The zero-order valence-electron chi connectivity index (χ0n) is 25.3. The van der Waals surface area contributed by atoms with Crippen LogP contribution < -0.4 is 20.1 Å². The first-order chi connectivity index (χ1) is 21.8. The standard InChI is InChI=1S/C33H36ClFN6O4/c1-4-24-19-44-21(3)17-41(24)12-7-13-43-30-16-27-25(15-28(30)40-32(42)5-2)33(37-20-36-27)39-22-10-11-29(26(34)14-22)45-18-23-8-6-9-31(35)38-23/h5-6,8-11,14-16,20-21,24H,2,4,7,12-13,17-19H2,1,3H3,(H,40,42)(H,36,37,39)/t21-,24-/m0/s1. The summed E-state index contributed by atoms with van der Waals surface area (Å²) in [6.45, 7) is 10.9. The van der Waals surface area contributed by atoms with Crippen molar-refractivity contribution >= 4 is 45.6 Å². The van der Waals surface area contributed by atoms with Crippen molar-refractivity contribution in [3.8, 4) is 11.5 Å². The number of fused-ring (bicyclic) bond motifs is 1. The summed E-state index contributed by atoms with van der Waals surface area (Å²) in [5, 5.41) is 7.12. The number of rotatable bonds is 13. The smallest absolute Gasteiger partial charge is 0.247 e. The molecule has 1 amide bonds. The number of hydrogen-bond donors (Lipinski definition) is 2. The van der Waals surface area contributed by atoms with Crippen molar-refractivity contribution < 1.29 is 23.4 Å². The molecule has 5 rings (SSSR count). The molecule has 2 aromatic heterocycles. The monoisotopic (exact) mass is 634 g/mol. The van der Waals surface area contributed by atoms with Gasteiger partial charge in [-0.25, -0.2) is 15.0 Å². The normalized spacial score (nSPS) is 16.7. The van der Waals surface area contributed by atoms with E-state index in [1.807, 2.05) is 0 Å². The summed E-state index contributed by atoms with van der Waals surface area (Å²) in [6, 6.07) is 13.7. The number of hydrogen-bond acceptors (Lipinski definition) is 9. The Labute approximate surface area is 266 Å². The summed E-state index contributed by atoms with van der Waals surface area (Å²) in [4.78, 5) is 27.4. The van der Waals surface area contributed by atoms with Gasteiger partial charge < -0.3 is 24.8 Å². The van der Waals surface area contributed by atoms with Crippen LogP contribution in [0.5, 0.6) is 11.5 Å².